The molecule has 0 amide bonds. The van der Waals surface area contributed by atoms with E-state index in [0.717, 1.165) is 32.2 Å². The minimum Gasteiger partial charge on any atom is -0.481 e. The van der Waals surface area contributed by atoms with E-state index in [2.05, 4.69) is 13.8 Å². The van der Waals surface area contributed by atoms with E-state index in [1.807, 2.05) is 0 Å². The molecule has 0 aliphatic rings. The largest absolute Gasteiger partial charge is 0.481 e. The summed E-state index contributed by atoms with van der Waals surface area (Å²) in [6, 6.07) is 0. The van der Waals surface area contributed by atoms with Gasteiger partial charge in [0.25, 0.3) is 0 Å². The Morgan fingerprint density at radius 3 is 2.17 bits per heavy atom. The molecular weight excluding hydrogens is 226 g/mol. The van der Waals surface area contributed by atoms with Crippen LogP contribution in [0.4, 0.5) is 0 Å². The second-order valence-corrected chi connectivity index (χ2v) is 5.51. The highest BCUT2D eigenvalue weighted by atomic mass is 16.4. The third kappa shape index (κ3) is 7.70. The van der Waals surface area contributed by atoms with E-state index in [9.17, 15) is 4.79 Å². The van der Waals surface area contributed by atoms with E-state index >= 15 is 0 Å². The van der Waals surface area contributed by atoms with Gasteiger partial charge in [-0.25, -0.2) is 0 Å². The summed E-state index contributed by atoms with van der Waals surface area (Å²) in [6.07, 6.45) is 10.5. The van der Waals surface area contributed by atoms with E-state index in [4.69, 9.17) is 10.8 Å². The van der Waals surface area contributed by atoms with Gasteiger partial charge in [-0.1, -0.05) is 46.0 Å². The van der Waals surface area contributed by atoms with Crippen LogP contribution in [0, 0.1) is 5.41 Å². The fraction of sp³-hybridized carbons (Fsp3) is 0.933. The van der Waals surface area contributed by atoms with Gasteiger partial charge < -0.3 is 10.8 Å². The number of aliphatic carboxylic acids is 1. The lowest BCUT2D eigenvalue weighted by atomic mass is 9.75. The zero-order valence-electron chi connectivity index (χ0n) is 12.2. The molecule has 0 saturated carbocycles. The van der Waals surface area contributed by atoms with Crippen LogP contribution in [0.5, 0.6) is 0 Å². The summed E-state index contributed by atoms with van der Waals surface area (Å²) in [5.74, 6) is -0.681. The molecule has 0 aliphatic heterocycles. The molecule has 3 N–H and O–H groups in total. The van der Waals surface area contributed by atoms with Crippen molar-refractivity contribution < 1.29 is 9.90 Å². The summed E-state index contributed by atoms with van der Waals surface area (Å²) in [7, 11) is 0. The molecule has 1 atom stereocenters. The van der Waals surface area contributed by atoms with Gasteiger partial charge in [0, 0.05) is 6.42 Å². The van der Waals surface area contributed by atoms with Crippen LogP contribution in [0.2, 0.25) is 0 Å². The Morgan fingerprint density at radius 1 is 1.00 bits per heavy atom. The van der Waals surface area contributed by atoms with Gasteiger partial charge in [0.2, 0.25) is 0 Å². The van der Waals surface area contributed by atoms with Gasteiger partial charge in [0.1, 0.15) is 0 Å². The van der Waals surface area contributed by atoms with Crippen molar-refractivity contribution in [3.63, 3.8) is 0 Å². The summed E-state index contributed by atoms with van der Waals surface area (Å²) in [5, 5.41) is 8.60. The number of rotatable bonds is 12. The molecule has 0 radical (unpaired) electrons. The summed E-state index contributed by atoms with van der Waals surface area (Å²) < 4.78 is 0. The van der Waals surface area contributed by atoms with Gasteiger partial charge >= 0.3 is 5.97 Å². The molecule has 0 aromatic heterocycles. The smallest absolute Gasteiger partial charge is 0.303 e. The number of carboxylic acids is 1. The number of carboxylic acid groups (broad SMARTS) is 1. The summed E-state index contributed by atoms with van der Waals surface area (Å²) in [5.41, 5.74) is 6.32. The van der Waals surface area contributed by atoms with Crippen LogP contribution in [0.3, 0.4) is 0 Å². The van der Waals surface area contributed by atoms with E-state index in [1.54, 1.807) is 0 Å². The van der Waals surface area contributed by atoms with Crippen LogP contribution >= 0.6 is 0 Å². The van der Waals surface area contributed by atoms with Crippen LogP contribution in [-0.2, 0) is 4.79 Å². The molecule has 3 heteroatoms. The first kappa shape index (κ1) is 17.4. The Kier molecular flexibility index (Phi) is 10.0. The number of hydrogen-bond donors (Lipinski definition) is 2. The van der Waals surface area contributed by atoms with Gasteiger partial charge in [0.05, 0.1) is 0 Å². The number of unbranched alkanes of at least 4 members (excludes halogenated alkanes) is 3. The molecule has 0 rings (SSSR count). The Labute approximate surface area is 112 Å². The number of carbonyl (C=O) groups is 1. The van der Waals surface area contributed by atoms with E-state index in [0.29, 0.717) is 11.8 Å². The molecule has 0 saturated heterocycles. The van der Waals surface area contributed by atoms with Crippen molar-refractivity contribution in [2.75, 3.05) is 6.54 Å². The van der Waals surface area contributed by atoms with E-state index in [1.165, 1.54) is 32.1 Å². The van der Waals surface area contributed by atoms with Crippen molar-refractivity contribution in [2.45, 2.75) is 78.1 Å². The first-order valence-corrected chi connectivity index (χ1v) is 7.52. The first-order valence-electron chi connectivity index (χ1n) is 7.52. The maximum Gasteiger partial charge on any atom is 0.303 e. The predicted octanol–water partition coefficient (Wildman–Crippen LogP) is 3.96. The van der Waals surface area contributed by atoms with E-state index in [-0.39, 0.29) is 0 Å². The molecule has 0 aromatic rings. The number of hydrogen-bond acceptors (Lipinski definition) is 2. The maximum absolute atomic E-state index is 10.4. The molecule has 0 spiro atoms. The Morgan fingerprint density at radius 2 is 1.67 bits per heavy atom. The molecule has 0 aliphatic carbocycles. The van der Waals surface area contributed by atoms with Gasteiger partial charge in [0.15, 0.2) is 0 Å². The fourth-order valence-electron chi connectivity index (χ4n) is 2.72. The molecule has 18 heavy (non-hydrogen) atoms. The van der Waals surface area contributed by atoms with Crippen LogP contribution in [0.1, 0.15) is 78.1 Å². The second kappa shape index (κ2) is 10.4. The topological polar surface area (TPSA) is 63.3 Å². The average Bonchev–Trinajstić information content (AvgIpc) is 2.35. The van der Waals surface area contributed by atoms with Crippen LogP contribution in [0.15, 0.2) is 0 Å². The lowest BCUT2D eigenvalue weighted by Gasteiger charge is -2.32. The second-order valence-electron chi connectivity index (χ2n) is 5.51. The van der Waals surface area contributed by atoms with Gasteiger partial charge in [-0.15, -0.1) is 0 Å². The highest BCUT2D eigenvalue weighted by Gasteiger charge is 2.26. The molecular formula is C15H31NO2. The minimum atomic E-state index is -0.681. The summed E-state index contributed by atoms with van der Waals surface area (Å²) >= 11 is 0. The van der Waals surface area contributed by atoms with Crippen molar-refractivity contribution in [3.05, 3.63) is 0 Å². The monoisotopic (exact) mass is 257 g/mol. The average molecular weight is 257 g/mol. The van der Waals surface area contributed by atoms with Crippen molar-refractivity contribution in [1.29, 1.82) is 0 Å². The van der Waals surface area contributed by atoms with Gasteiger partial charge in [-0.3, -0.25) is 4.79 Å². The van der Waals surface area contributed by atoms with Gasteiger partial charge in [-0.2, -0.15) is 0 Å². The standard InChI is InChI=1S/C15H31NO2/c1-3-5-11-15(13-16,10-4-2)12-8-6-7-9-14(17)18/h3-13,16H2,1-2H3,(H,17,18). The van der Waals surface area contributed by atoms with Crippen molar-refractivity contribution in [1.82, 2.24) is 0 Å². The van der Waals surface area contributed by atoms with Crippen LogP contribution in [-0.4, -0.2) is 17.6 Å². The Balaban J connectivity index is 4.01. The normalized spacial score (nSPS) is 14.4. The first-order chi connectivity index (χ1) is 8.60. The molecule has 0 fully saturated rings. The lowest BCUT2D eigenvalue weighted by Crippen LogP contribution is -2.30. The number of nitrogens with two attached hydrogens (primary N) is 1. The Hall–Kier alpha value is -0.570. The molecule has 0 heterocycles. The highest BCUT2D eigenvalue weighted by molar-refractivity contribution is 5.66. The molecule has 108 valence electrons. The van der Waals surface area contributed by atoms with Crippen molar-refractivity contribution >= 4 is 5.97 Å². The molecule has 0 aromatic carbocycles. The highest BCUT2D eigenvalue weighted by Crippen LogP contribution is 2.35. The molecule has 0 bridgehead atoms. The third-order valence-corrected chi connectivity index (χ3v) is 3.87. The zero-order valence-corrected chi connectivity index (χ0v) is 12.2. The van der Waals surface area contributed by atoms with Crippen molar-refractivity contribution in [3.8, 4) is 0 Å². The van der Waals surface area contributed by atoms with Crippen molar-refractivity contribution in [2.24, 2.45) is 11.1 Å². The SMILES string of the molecule is CCCCC(CN)(CCC)CCCCCC(=O)O. The molecule has 3 nitrogen and oxygen atoms in total. The maximum atomic E-state index is 10.4. The minimum absolute atomic E-state index is 0.304. The Bertz CT molecular complexity index is 219. The van der Waals surface area contributed by atoms with Gasteiger partial charge in [-0.05, 0) is 37.6 Å². The van der Waals surface area contributed by atoms with Crippen LogP contribution < -0.4 is 5.73 Å². The van der Waals surface area contributed by atoms with E-state index < -0.39 is 5.97 Å². The molecule has 1 unspecified atom stereocenters. The lowest BCUT2D eigenvalue weighted by molar-refractivity contribution is -0.137. The predicted molar refractivity (Wildman–Crippen MR) is 76.6 cm³/mol. The van der Waals surface area contributed by atoms with Crippen LogP contribution in [0.25, 0.3) is 0 Å². The summed E-state index contributed by atoms with van der Waals surface area (Å²) in [4.78, 5) is 10.4. The zero-order chi connectivity index (χ0) is 13.9. The third-order valence-electron chi connectivity index (χ3n) is 3.87. The fourth-order valence-corrected chi connectivity index (χ4v) is 2.72. The quantitative estimate of drug-likeness (QED) is 0.520. The summed E-state index contributed by atoms with van der Waals surface area (Å²) in [6.45, 7) is 5.22.